The second-order valence-electron chi connectivity index (χ2n) is 5.35. The summed E-state index contributed by atoms with van der Waals surface area (Å²) in [4.78, 5) is 0. The summed E-state index contributed by atoms with van der Waals surface area (Å²) in [7, 11) is 4.79. The molecule has 1 aromatic carbocycles. The van der Waals surface area contributed by atoms with Gasteiger partial charge in [-0.15, -0.1) is 0 Å². The Hall–Kier alpha value is -1.42. The molecule has 0 radical (unpaired) electrons. The van der Waals surface area contributed by atoms with Gasteiger partial charge in [-0.05, 0) is 12.3 Å². The van der Waals surface area contributed by atoms with Crippen LogP contribution in [0.1, 0.15) is 43.8 Å². The van der Waals surface area contributed by atoms with Crippen molar-refractivity contribution in [2.45, 2.75) is 38.2 Å². The number of hydrogen-bond donors (Lipinski definition) is 1. The van der Waals surface area contributed by atoms with E-state index in [4.69, 9.17) is 14.2 Å². The molecule has 1 atom stereocenters. The summed E-state index contributed by atoms with van der Waals surface area (Å²) in [5.41, 5.74) is 0.725. The van der Waals surface area contributed by atoms with Gasteiger partial charge in [-0.2, -0.15) is 0 Å². The van der Waals surface area contributed by atoms with Crippen LogP contribution in [0.25, 0.3) is 0 Å². The van der Waals surface area contributed by atoms with Gasteiger partial charge in [0.1, 0.15) is 17.2 Å². The van der Waals surface area contributed by atoms with Crippen LogP contribution in [0.15, 0.2) is 12.1 Å². The number of hydrogen-bond acceptors (Lipinski definition) is 4. The minimum Gasteiger partial charge on any atom is -0.496 e. The zero-order valence-electron chi connectivity index (χ0n) is 12.5. The summed E-state index contributed by atoms with van der Waals surface area (Å²) >= 11 is 0. The molecule has 0 saturated heterocycles. The molecule has 2 rings (SSSR count). The molecule has 4 heteroatoms. The Labute approximate surface area is 120 Å². The third kappa shape index (κ3) is 3.18. The average molecular weight is 280 g/mol. The fraction of sp³-hybridized carbons (Fsp3) is 0.625. The first kappa shape index (κ1) is 15.0. The van der Waals surface area contributed by atoms with E-state index in [9.17, 15) is 5.11 Å². The Morgan fingerprint density at radius 2 is 1.60 bits per heavy atom. The standard InChI is InChI=1S/C16H24O4/c1-18-12-9-14(19-2)16(15(10-12)20-3)13(17)8-11-6-4-5-7-11/h9-11,13,17H,4-8H2,1-3H3. The van der Waals surface area contributed by atoms with Crippen molar-refractivity contribution >= 4 is 0 Å². The first-order chi connectivity index (χ1) is 9.69. The van der Waals surface area contributed by atoms with Crippen LogP contribution in [0.5, 0.6) is 17.2 Å². The van der Waals surface area contributed by atoms with E-state index in [1.165, 1.54) is 25.7 Å². The molecule has 20 heavy (non-hydrogen) atoms. The zero-order chi connectivity index (χ0) is 14.5. The van der Waals surface area contributed by atoms with Crippen molar-refractivity contribution in [1.82, 2.24) is 0 Å². The largest absolute Gasteiger partial charge is 0.496 e. The molecule has 0 heterocycles. The molecule has 0 aromatic heterocycles. The van der Waals surface area contributed by atoms with Crippen molar-refractivity contribution in [3.05, 3.63) is 17.7 Å². The summed E-state index contributed by atoms with van der Waals surface area (Å²) in [6, 6.07) is 3.57. The monoisotopic (exact) mass is 280 g/mol. The van der Waals surface area contributed by atoms with E-state index in [2.05, 4.69) is 0 Å². The van der Waals surface area contributed by atoms with E-state index in [0.717, 1.165) is 12.0 Å². The summed E-state index contributed by atoms with van der Waals surface area (Å²) in [5.74, 6) is 2.50. The smallest absolute Gasteiger partial charge is 0.132 e. The van der Waals surface area contributed by atoms with Crippen molar-refractivity contribution < 1.29 is 19.3 Å². The lowest BCUT2D eigenvalue weighted by molar-refractivity contribution is 0.137. The van der Waals surface area contributed by atoms with Gasteiger partial charge in [0.15, 0.2) is 0 Å². The van der Waals surface area contributed by atoms with Crippen molar-refractivity contribution in [2.24, 2.45) is 5.92 Å². The predicted octanol–water partition coefficient (Wildman–Crippen LogP) is 3.33. The SMILES string of the molecule is COc1cc(OC)c(C(O)CC2CCCC2)c(OC)c1. The van der Waals surface area contributed by atoms with Crippen LogP contribution >= 0.6 is 0 Å². The van der Waals surface area contributed by atoms with Gasteiger partial charge in [-0.1, -0.05) is 25.7 Å². The van der Waals surface area contributed by atoms with E-state index in [0.29, 0.717) is 23.2 Å². The van der Waals surface area contributed by atoms with Gasteiger partial charge in [0.25, 0.3) is 0 Å². The van der Waals surface area contributed by atoms with Gasteiger partial charge in [-0.3, -0.25) is 0 Å². The van der Waals surface area contributed by atoms with Crippen LogP contribution in [-0.4, -0.2) is 26.4 Å². The summed E-state index contributed by atoms with van der Waals surface area (Å²) < 4.78 is 16.0. The molecule has 0 amide bonds. The van der Waals surface area contributed by atoms with Crippen molar-refractivity contribution in [3.8, 4) is 17.2 Å². The molecule has 1 aliphatic carbocycles. The maximum Gasteiger partial charge on any atom is 0.132 e. The van der Waals surface area contributed by atoms with E-state index >= 15 is 0 Å². The molecule has 0 spiro atoms. The van der Waals surface area contributed by atoms with Crippen molar-refractivity contribution in [2.75, 3.05) is 21.3 Å². The van der Waals surface area contributed by atoms with E-state index in [-0.39, 0.29) is 0 Å². The Morgan fingerprint density at radius 3 is 2.05 bits per heavy atom. The molecular formula is C16H24O4. The van der Waals surface area contributed by atoms with E-state index < -0.39 is 6.10 Å². The van der Waals surface area contributed by atoms with Gasteiger partial charge in [0.2, 0.25) is 0 Å². The number of aliphatic hydroxyl groups is 1. The van der Waals surface area contributed by atoms with Crippen molar-refractivity contribution in [3.63, 3.8) is 0 Å². The van der Waals surface area contributed by atoms with Gasteiger partial charge >= 0.3 is 0 Å². The minimum absolute atomic E-state index is 0.561. The lowest BCUT2D eigenvalue weighted by Crippen LogP contribution is -2.08. The van der Waals surface area contributed by atoms with Crippen LogP contribution in [0.3, 0.4) is 0 Å². The van der Waals surface area contributed by atoms with Crippen molar-refractivity contribution in [1.29, 1.82) is 0 Å². The molecule has 1 aliphatic rings. The Bertz CT molecular complexity index is 413. The average Bonchev–Trinajstić information content (AvgIpc) is 2.98. The number of ether oxygens (including phenoxy) is 3. The van der Waals surface area contributed by atoms with Crippen LogP contribution in [0.4, 0.5) is 0 Å². The van der Waals surface area contributed by atoms with E-state index in [1.807, 2.05) is 0 Å². The molecule has 0 aliphatic heterocycles. The Morgan fingerprint density at radius 1 is 1.05 bits per heavy atom. The zero-order valence-corrected chi connectivity index (χ0v) is 12.5. The molecule has 1 aromatic rings. The topological polar surface area (TPSA) is 47.9 Å². The molecule has 0 bridgehead atoms. The van der Waals surface area contributed by atoms with Crippen LogP contribution < -0.4 is 14.2 Å². The van der Waals surface area contributed by atoms with E-state index in [1.54, 1.807) is 33.5 Å². The summed E-state index contributed by atoms with van der Waals surface area (Å²) in [5, 5.41) is 10.6. The highest BCUT2D eigenvalue weighted by molar-refractivity contribution is 5.51. The van der Waals surface area contributed by atoms with Gasteiger partial charge in [0.05, 0.1) is 33.0 Å². The summed E-state index contributed by atoms with van der Waals surface area (Å²) in [6.45, 7) is 0. The fourth-order valence-corrected chi connectivity index (χ4v) is 3.04. The molecule has 4 nitrogen and oxygen atoms in total. The summed E-state index contributed by atoms with van der Waals surface area (Å²) in [6.07, 6.45) is 5.16. The quantitative estimate of drug-likeness (QED) is 0.868. The van der Waals surface area contributed by atoms with Gasteiger partial charge in [0, 0.05) is 12.1 Å². The molecule has 1 unspecified atom stereocenters. The number of methoxy groups -OCH3 is 3. The highest BCUT2D eigenvalue weighted by Crippen LogP contribution is 2.42. The molecule has 1 N–H and O–H groups in total. The first-order valence-corrected chi connectivity index (χ1v) is 7.17. The normalized spacial score (nSPS) is 17.0. The fourth-order valence-electron chi connectivity index (χ4n) is 3.04. The number of rotatable bonds is 6. The van der Waals surface area contributed by atoms with Crippen LogP contribution in [-0.2, 0) is 0 Å². The van der Waals surface area contributed by atoms with Crippen LogP contribution in [0, 0.1) is 5.92 Å². The molecule has 1 saturated carbocycles. The second kappa shape index (κ2) is 6.84. The maximum atomic E-state index is 10.6. The third-order valence-corrected chi connectivity index (χ3v) is 4.12. The number of aliphatic hydroxyl groups excluding tert-OH is 1. The second-order valence-corrected chi connectivity index (χ2v) is 5.35. The van der Waals surface area contributed by atoms with Crippen LogP contribution in [0.2, 0.25) is 0 Å². The lowest BCUT2D eigenvalue weighted by atomic mass is 9.94. The molecular weight excluding hydrogens is 256 g/mol. The third-order valence-electron chi connectivity index (χ3n) is 4.12. The predicted molar refractivity (Wildman–Crippen MR) is 77.6 cm³/mol. The highest BCUT2D eigenvalue weighted by Gasteiger charge is 2.25. The van der Waals surface area contributed by atoms with Gasteiger partial charge < -0.3 is 19.3 Å². The Kier molecular flexibility index (Phi) is 5.12. The number of benzene rings is 1. The van der Waals surface area contributed by atoms with Gasteiger partial charge in [-0.25, -0.2) is 0 Å². The Balaban J connectivity index is 2.27. The lowest BCUT2D eigenvalue weighted by Gasteiger charge is -2.21. The molecule has 112 valence electrons. The maximum absolute atomic E-state index is 10.6. The molecule has 1 fully saturated rings. The highest BCUT2D eigenvalue weighted by atomic mass is 16.5. The minimum atomic E-state index is -0.561. The first-order valence-electron chi connectivity index (χ1n) is 7.17.